The topological polar surface area (TPSA) is 108 Å². The lowest BCUT2D eigenvalue weighted by Gasteiger charge is -2.27. The first-order chi connectivity index (χ1) is 13.2. The van der Waals surface area contributed by atoms with Crippen LogP contribution in [0.25, 0.3) is 0 Å². The molecule has 2 amide bonds. The molecule has 0 N–H and O–H groups in total. The number of aromatic nitrogens is 2. The van der Waals surface area contributed by atoms with Gasteiger partial charge >= 0.3 is 18.2 Å². The molecule has 0 bridgehead atoms. The number of anilines is 1. The molecule has 1 aromatic rings. The van der Waals surface area contributed by atoms with Crippen LogP contribution in [0, 0.1) is 0 Å². The molecular formula is C20H29N3O6. The molecular weight excluding hydrogens is 378 g/mol. The third kappa shape index (κ3) is 8.28. The van der Waals surface area contributed by atoms with Gasteiger partial charge in [0.05, 0.1) is 6.61 Å². The van der Waals surface area contributed by atoms with E-state index in [1.807, 2.05) is 0 Å². The molecule has 9 nitrogen and oxygen atoms in total. The lowest BCUT2D eigenvalue weighted by Crippen LogP contribution is -2.44. The summed E-state index contributed by atoms with van der Waals surface area (Å²) in [6, 6.07) is 0. The van der Waals surface area contributed by atoms with Gasteiger partial charge in [-0.2, -0.15) is 0 Å². The Morgan fingerprint density at radius 1 is 0.966 bits per heavy atom. The lowest BCUT2D eigenvalue weighted by atomic mass is 10.1. The summed E-state index contributed by atoms with van der Waals surface area (Å²) in [6.07, 6.45) is 1.01. The minimum atomic E-state index is -0.963. The van der Waals surface area contributed by atoms with Crippen LogP contribution in [0.15, 0.2) is 24.5 Å². The van der Waals surface area contributed by atoms with Gasteiger partial charge in [0, 0.05) is 24.4 Å². The van der Waals surface area contributed by atoms with Gasteiger partial charge in [0.25, 0.3) is 0 Å². The van der Waals surface area contributed by atoms with E-state index in [0.29, 0.717) is 10.5 Å². The molecule has 0 aliphatic carbocycles. The van der Waals surface area contributed by atoms with Gasteiger partial charge in [-0.1, -0.05) is 6.58 Å². The monoisotopic (exact) mass is 407 g/mol. The van der Waals surface area contributed by atoms with Gasteiger partial charge in [0.1, 0.15) is 11.2 Å². The normalized spacial score (nSPS) is 11.4. The van der Waals surface area contributed by atoms with Crippen LogP contribution in [0.1, 0.15) is 54.0 Å². The Morgan fingerprint density at radius 3 is 1.79 bits per heavy atom. The third-order valence-electron chi connectivity index (χ3n) is 3.03. The van der Waals surface area contributed by atoms with Gasteiger partial charge in [-0.25, -0.2) is 24.4 Å². The van der Waals surface area contributed by atoms with Gasteiger partial charge in [-0.05, 0) is 54.0 Å². The summed E-state index contributed by atoms with van der Waals surface area (Å²) in [5.74, 6) is -0.722. The smallest absolute Gasteiger partial charge is 0.427 e. The highest BCUT2D eigenvalue weighted by Gasteiger charge is 2.34. The summed E-state index contributed by atoms with van der Waals surface area (Å²) in [5.41, 5.74) is -0.886. The largest absolute Gasteiger partial charge is 0.463 e. The second-order valence-electron chi connectivity index (χ2n) is 8.19. The zero-order valence-electron chi connectivity index (χ0n) is 18.1. The van der Waals surface area contributed by atoms with Gasteiger partial charge in [-0.15, -0.1) is 4.90 Å². The van der Waals surface area contributed by atoms with Crippen molar-refractivity contribution in [1.29, 1.82) is 0 Å². The van der Waals surface area contributed by atoms with Crippen molar-refractivity contribution in [3.05, 3.63) is 30.1 Å². The predicted molar refractivity (Wildman–Crippen MR) is 106 cm³/mol. The average molecular weight is 407 g/mol. The summed E-state index contributed by atoms with van der Waals surface area (Å²) < 4.78 is 15.4. The molecule has 9 heteroatoms. The van der Waals surface area contributed by atoms with Crippen LogP contribution in [-0.2, 0) is 25.4 Å². The Morgan fingerprint density at radius 2 is 1.41 bits per heavy atom. The van der Waals surface area contributed by atoms with Crippen molar-refractivity contribution in [3.63, 3.8) is 0 Å². The van der Waals surface area contributed by atoms with E-state index < -0.39 is 29.4 Å². The molecule has 0 aliphatic heterocycles. The standard InChI is InChI=1S/C20H29N3O6/c1-9-27-15(24)13(2)10-14-11-21-16(22-12-14)23(17(25)28-19(3,4)5)18(26)29-20(6,7)8/h11-12H,2,9-10H2,1,3-8H3. The number of esters is 1. The zero-order chi connectivity index (χ0) is 22.4. The predicted octanol–water partition coefficient (Wildman–Crippen LogP) is 3.82. The van der Waals surface area contributed by atoms with Gasteiger partial charge in [0.15, 0.2) is 0 Å². The second kappa shape index (κ2) is 9.49. The molecule has 0 spiro atoms. The first kappa shape index (κ1) is 24.1. The molecule has 160 valence electrons. The second-order valence-corrected chi connectivity index (χ2v) is 8.19. The highest BCUT2D eigenvalue weighted by molar-refractivity contribution is 6.08. The fourth-order valence-electron chi connectivity index (χ4n) is 1.96. The number of hydrogen-bond acceptors (Lipinski definition) is 8. The number of imide groups is 1. The van der Waals surface area contributed by atoms with Gasteiger partial charge in [-0.3, -0.25) is 0 Å². The maximum atomic E-state index is 12.6. The van der Waals surface area contributed by atoms with Gasteiger partial charge < -0.3 is 14.2 Å². The van der Waals surface area contributed by atoms with Crippen LogP contribution in [-0.4, -0.2) is 45.9 Å². The summed E-state index contributed by atoms with van der Waals surface area (Å²) in [4.78, 5) is 45.5. The molecule has 0 unspecified atom stereocenters. The van der Waals surface area contributed by atoms with E-state index in [9.17, 15) is 14.4 Å². The van der Waals surface area contributed by atoms with Crippen molar-refractivity contribution in [1.82, 2.24) is 9.97 Å². The first-order valence-corrected chi connectivity index (χ1v) is 9.15. The molecule has 0 aromatic carbocycles. The van der Waals surface area contributed by atoms with Crippen molar-refractivity contribution < 1.29 is 28.6 Å². The molecule has 0 saturated heterocycles. The van der Waals surface area contributed by atoms with E-state index in [-0.39, 0.29) is 24.5 Å². The SMILES string of the molecule is C=C(Cc1cnc(N(C(=O)OC(C)(C)C)C(=O)OC(C)(C)C)nc1)C(=O)OCC. The Hall–Kier alpha value is -2.97. The van der Waals surface area contributed by atoms with E-state index in [4.69, 9.17) is 14.2 Å². The molecule has 29 heavy (non-hydrogen) atoms. The third-order valence-corrected chi connectivity index (χ3v) is 3.03. The Kier molecular flexibility index (Phi) is 7.87. The fraction of sp³-hybridized carbons (Fsp3) is 0.550. The number of nitrogens with zero attached hydrogens (tertiary/aromatic N) is 3. The number of rotatable bonds is 5. The molecule has 0 saturated carbocycles. The van der Waals surface area contributed by atoms with Gasteiger partial charge in [0.2, 0.25) is 5.95 Å². The number of carbonyl (C=O) groups excluding carboxylic acids is 3. The quantitative estimate of drug-likeness (QED) is 0.412. The van der Waals surface area contributed by atoms with Crippen LogP contribution in [0.5, 0.6) is 0 Å². The molecule has 0 radical (unpaired) electrons. The van der Waals surface area contributed by atoms with E-state index >= 15 is 0 Å². The maximum Gasteiger partial charge on any atom is 0.427 e. The highest BCUT2D eigenvalue weighted by Crippen LogP contribution is 2.19. The van der Waals surface area contributed by atoms with Crippen LogP contribution in [0.3, 0.4) is 0 Å². The Bertz CT molecular complexity index is 732. The summed E-state index contributed by atoms with van der Waals surface area (Å²) in [7, 11) is 0. The zero-order valence-corrected chi connectivity index (χ0v) is 18.1. The number of carbonyl (C=O) groups is 3. The minimum absolute atomic E-state index is 0.165. The highest BCUT2D eigenvalue weighted by atomic mass is 16.6. The number of ether oxygens (including phenoxy) is 3. The molecule has 0 fully saturated rings. The molecule has 1 heterocycles. The van der Waals surface area contributed by atoms with Crippen LogP contribution < -0.4 is 4.90 Å². The summed E-state index contributed by atoms with van der Waals surface area (Å²) in [6.45, 7) is 15.6. The van der Waals surface area contributed by atoms with Crippen molar-refractivity contribution in [2.45, 2.75) is 66.1 Å². The lowest BCUT2D eigenvalue weighted by molar-refractivity contribution is -0.138. The van der Waals surface area contributed by atoms with Crippen LogP contribution in [0.4, 0.5) is 15.5 Å². The molecule has 0 atom stereocenters. The fourth-order valence-corrected chi connectivity index (χ4v) is 1.96. The van der Waals surface area contributed by atoms with Crippen molar-refractivity contribution in [2.24, 2.45) is 0 Å². The maximum absolute atomic E-state index is 12.6. The summed E-state index contributed by atoms with van der Waals surface area (Å²) >= 11 is 0. The Labute approximate surface area is 171 Å². The minimum Gasteiger partial charge on any atom is -0.463 e. The van der Waals surface area contributed by atoms with Crippen molar-refractivity contribution >= 4 is 24.1 Å². The van der Waals surface area contributed by atoms with E-state index in [1.54, 1.807) is 48.5 Å². The first-order valence-electron chi connectivity index (χ1n) is 9.15. The molecule has 1 aromatic heterocycles. The van der Waals surface area contributed by atoms with Crippen molar-refractivity contribution in [3.8, 4) is 0 Å². The molecule has 1 rings (SSSR count). The van der Waals surface area contributed by atoms with Crippen molar-refractivity contribution in [2.75, 3.05) is 11.5 Å². The molecule has 0 aliphatic rings. The van der Waals surface area contributed by atoms with Crippen LogP contribution >= 0.6 is 0 Å². The Balaban J connectivity index is 3.09. The van der Waals surface area contributed by atoms with E-state index in [0.717, 1.165) is 0 Å². The number of amides is 2. The number of hydrogen-bond donors (Lipinski definition) is 0. The average Bonchev–Trinajstić information content (AvgIpc) is 2.53. The van der Waals surface area contributed by atoms with E-state index in [2.05, 4.69) is 16.5 Å². The van der Waals surface area contributed by atoms with E-state index in [1.165, 1.54) is 12.4 Å². The summed E-state index contributed by atoms with van der Waals surface area (Å²) in [5, 5.41) is 0. The van der Waals surface area contributed by atoms with Crippen LogP contribution in [0.2, 0.25) is 0 Å².